The number of nitrogens with one attached hydrogen (secondary N) is 3. The normalized spacial score (nSPS) is 12.0. The summed E-state index contributed by atoms with van der Waals surface area (Å²) in [5.41, 5.74) is 1.48. The average Bonchev–Trinajstić information content (AvgIpc) is 2.61. The third kappa shape index (κ3) is 6.14. The highest BCUT2D eigenvalue weighted by atomic mass is 32.1. The van der Waals surface area contributed by atoms with Crippen LogP contribution in [0.4, 0.5) is 18.9 Å². The van der Waals surface area contributed by atoms with Gasteiger partial charge in [0.15, 0.2) is 11.3 Å². The highest BCUT2D eigenvalue weighted by Crippen LogP contribution is 2.20. The van der Waals surface area contributed by atoms with E-state index in [9.17, 15) is 18.0 Å². The molecule has 0 fully saturated rings. The third-order valence-corrected chi connectivity index (χ3v) is 3.76. The number of halogens is 3. The van der Waals surface area contributed by atoms with Gasteiger partial charge in [-0.1, -0.05) is 17.7 Å². The smallest absolute Gasteiger partial charge is 0.427 e. The Bertz CT molecular complexity index is 793. The predicted molar refractivity (Wildman–Crippen MR) is 101 cm³/mol. The van der Waals surface area contributed by atoms with Gasteiger partial charge in [-0.05, 0) is 55.5 Å². The number of benzene rings is 2. The molecule has 0 spiro atoms. The van der Waals surface area contributed by atoms with Crippen molar-refractivity contribution in [1.82, 2.24) is 10.6 Å². The zero-order valence-electron chi connectivity index (χ0n) is 14.6. The van der Waals surface area contributed by atoms with E-state index in [0.29, 0.717) is 11.4 Å². The summed E-state index contributed by atoms with van der Waals surface area (Å²) in [6, 6.07) is 12.6. The molecule has 3 N–H and O–H groups in total. The lowest BCUT2D eigenvalue weighted by molar-refractivity contribution is -0.156. The molecule has 5 nitrogen and oxygen atoms in total. The van der Waals surface area contributed by atoms with Gasteiger partial charge in [0, 0.05) is 11.3 Å². The van der Waals surface area contributed by atoms with Crippen LogP contribution in [0.3, 0.4) is 0 Å². The van der Waals surface area contributed by atoms with Gasteiger partial charge in [-0.15, -0.1) is 0 Å². The summed E-state index contributed by atoms with van der Waals surface area (Å²) in [5, 5.41) is 6.33. The second kappa shape index (κ2) is 8.72. The maximum Gasteiger partial charge on any atom is 0.427 e. The van der Waals surface area contributed by atoms with Crippen LogP contribution in [0.25, 0.3) is 0 Å². The lowest BCUT2D eigenvalue weighted by Gasteiger charge is -2.24. The van der Waals surface area contributed by atoms with Gasteiger partial charge in [-0.25, -0.2) is 0 Å². The fourth-order valence-corrected chi connectivity index (χ4v) is 2.33. The quantitative estimate of drug-likeness (QED) is 0.532. The van der Waals surface area contributed by atoms with Gasteiger partial charge in [-0.2, -0.15) is 13.2 Å². The second-order valence-corrected chi connectivity index (χ2v) is 6.05. The molecule has 2 aromatic rings. The lowest BCUT2D eigenvalue weighted by Crippen LogP contribution is -2.57. The van der Waals surface area contributed by atoms with E-state index in [1.54, 1.807) is 36.4 Å². The van der Waals surface area contributed by atoms with Gasteiger partial charge < -0.3 is 20.7 Å². The number of thiocarbonyl (C=S) groups is 1. The number of aryl methyl sites for hydroxylation is 1. The van der Waals surface area contributed by atoms with Crippen LogP contribution in [0.2, 0.25) is 0 Å². The van der Waals surface area contributed by atoms with E-state index in [0.717, 1.165) is 5.56 Å². The molecule has 144 valence electrons. The summed E-state index contributed by atoms with van der Waals surface area (Å²) in [6.45, 7) is 1.81. The molecule has 1 atom stereocenters. The van der Waals surface area contributed by atoms with Crippen LogP contribution < -0.4 is 20.7 Å². The van der Waals surface area contributed by atoms with E-state index < -0.39 is 18.2 Å². The number of alkyl halides is 3. The van der Waals surface area contributed by atoms with Crippen molar-refractivity contribution in [3.63, 3.8) is 0 Å². The van der Waals surface area contributed by atoms with Crippen LogP contribution in [0, 0.1) is 6.92 Å². The number of amides is 1. The number of rotatable bonds is 5. The average molecular weight is 397 g/mol. The minimum atomic E-state index is -4.74. The number of anilines is 1. The first-order chi connectivity index (χ1) is 12.7. The van der Waals surface area contributed by atoms with Crippen molar-refractivity contribution in [1.29, 1.82) is 0 Å². The van der Waals surface area contributed by atoms with Crippen molar-refractivity contribution in [2.45, 2.75) is 19.3 Å². The molecule has 0 radical (unpaired) electrons. The van der Waals surface area contributed by atoms with Crippen molar-refractivity contribution in [2.24, 2.45) is 0 Å². The zero-order valence-corrected chi connectivity index (χ0v) is 15.4. The number of hydrogen-bond donors (Lipinski definition) is 3. The molecule has 0 bridgehead atoms. The molecule has 9 heteroatoms. The third-order valence-electron chi connectivity index (χ3n) is 3.54. The van der Waals surface area contributed by atoms with Gasteiger partial charge in [0.25, 0.3) is 5.91 Å². The minimum absolute atomic E-state index is 0.116. The van der Waals surface area contributed by atoms with Crippen LogP contribution in [-0.2, 0) is 0 Å². The summed E-state index contributed by atoms with van der Waals surface area (Å²) in [7, 11) is 1.50. The molecule has 2 rings (SSSR count). The van der Waals surface area contributed by atoms with Crippen molar-refractivity contribution in [2.75, 3.05) is 12.4 Å². The molecule has 0 aliphatic carbocycles. The maximum absolute atomic E-state index is 13.3. The Hall–Kier alpha value is -2.81. The Morgan fingerprint density at radius 3 is 2.15 bits per heavy atom. The van der Waals surface area contributed by atoms with Gasteiger partial charge in [0.2, 0.25) is 0 Å². The number of carbonyl (C=O) groups excluding carboxylic acids is 1. The molecule has 0 saturated heterocycles. The molecule has 2 aromatic carbocycles. The number of ether oxygens (including phenoxy) is 1. The van der Waals surface area contributed by atoms with Gasteiger partial charge in [-0.3, -0.25) is 4.79 Å². The fourth-order valence-electron chi connectivity index (χ4n) is 2.09. The minimum Gasteiger partial charge on any atom is -0.497 e. The van der Waals surface area contributed by atoms with Gasteiger partial charge in [0.1, 0.15) is 5.75 Å². The van der Waals surface area contributed by atoms with Crippen molar-refractivity contribution >= 4 is 28.9 Å². The van der Waals surface area contributed by atoms with Crippen LogP contribution in [-0.4, -0.2) is 30.5 Å². The first kappa shape index (κ1) is 20.5. The summed E-state index contributed by atoms with van der Waals surface area (Å²) in [6.07, 6.45) is -7.09. The maximum atomic E-state index is 13.3. The second-order valence-electron chi connectivity index (χ2n) is 5.64. The fraction of sp³-hybridized carbons (Fsp3) is 0.222. The Morgan fingerprint density at radius 1 is 1.04 bits per heavy atom. The van der Waals surface area contributed by atoms with E-state index in [1.807, 2.05) is 12.2 Å². The SMILES string of the molecule is COc1ccc(NC(=S)NC(NC(=O)c2ccc(C)cc2)C(F)(F)F)cc1. The molecule has 27 heavy (non-hydrogen) atoms. The van der Waals surface area contributed by atoms with Gasteiger partial charge >= 0.3 is 6.18 Å². The van der Waals surface area contributed by atoms with E-state index in [1.165, 1.54) is 19.2 Å². The molecule has 1 unspecified atom stereocenters. The first-order valence-electron chi connectivity index (χ1n) is 7.85. The molecular weight excluding hydrogens is 379 g/mol. The Kier molecular flexibility index (Phi) is 6.62. The topological polar surface area (TPSA) is 62.4 Å². The van der Waals surface area contributed by atoms with Crippen molar-refractivity contribution in [3.8, 4) is 5.75 Å². The highest BCUT2D eigenvalue weighted by molar-refractivity contribution is 7.80. The standard InChI is InChI=1S/C18H18F3N3O2S/c1-11-3-5-12(6-4-11)15(25)23-16(18(19,20)21)24-17(27)22-13-7-9-14(26-2)10-8-13/h3-10,16H,1-2H3,(H,23,25)(H2,22,24,27). The summed E-state index contributed by atoms with van der Waals surface area (Å²) < 4.78 is 44.8. The lowest BCUT2D eigenvalue weighted by atomic mass is 10.1. The molecule has 1 amide bonds. The molecule has 0 aliphatic heterocycles. The van der Waals surface area contributed by atoms with E-state index in [-0.39, 0.29) is 10.7 Å². The Balaban J connectivity index is 2.03. The monoisotopic (exact) mass is 397 g/mol. The van der Waals surface area contributed by atoms with Crippen molar-refractivity contribution in [3.05, 3.63) is 59.7 Å². The predicted octanol–water partition coefficient (Wildman–Crippen LogP) is 3.61. The zero-order chi connectivity index (χ0) is 20.0. The Labute approximate surface area is 159 Å². The molecule has 0 aliphatic rings. The van der Waals surface area contributed by atoms with Crippen LogP contribution in [0.15, 0.2) is 48.5 Å². The highest BCUT2D eigenvalue weighted by Gasteiger charge is 2.41. The van der Waals surface area contributed by atoms with E-state index in [4.69, 9.17) is 17.0 Å². The van der Waals surface area contributed by atoms with Crippen molar-refractivity contribution < 1.29 is 22.7 Å². The number of hydrogen-bond acceptors (Lipinski definition) is 3. The molecule has 0 aromatic heterocycles. The van der Waals surface area contributed by atoms with E-state index in [2.05, 4.69) is 10.6 Å². The largest absolute Gasteiger partial charge is 0.497 e. The molecule has 0 saturated carbocycles. The van der Waals surface area contributed by atoms with Crippen LogP contribution >= 0.6 is 12.2 Å². The van der Waals surface area contributed by atoms with Gasteiger partial charge in [0.05, 0.1) is 7.11 Å². The summed E-state index contributed by atoms with van der Waals surface area (Å²) >= 11 is 4.92. The van der Waals surface area contributed by atoms with Crippen LogP contribution in [0.5, 0.6) is 5.75 Å². The number of methoxy groups -OCH3 is 1. The Morgan fingerprint density at radius 2 is 1.63 bits per heavy atom. The molecule has 0 heterocycles. The number of carbonyl (C=O) groups is 1. The summed E-state index contributed by atoms with van der Waals surface area (Å²) in [4.78, 5) is 12.1. The first-order valence-corrected chi connectivity index (χ1v) is 8.25. The van der Waals surface area contributed by atoms with E-state index >= 15 is 0 Å². The molecular formula is C18H18F3N3O2S. The van der Waals surface area contributed by atoms with Crippen LogP contribution in [0.1, 0.15) is 15.9 Å². The summed E-state index contributed by atoms with van der Waals surface area (Å²) in [5.74, 6) is -0.268.